The summed E-state index contributed by atoms with van der Waals surface area (Å²) in [6, 6.07) is 11.0. The van der Waals surface area contributed by atoms with Crippen LogP contribution in [0, 0.1) is 0 Å². The molecule has 174 valence electrons. The molecule has 1 aliphatic carbocycles. The summed E-state index contributed by atoms with van der Waals surface area (Å²) in [5.74, 6) is 0.605. The summed E-state index contributed by atoms with van der Waals surface area (Å²) in [5.41, 5.74) is 4.01. The van der Waals surface area contributed by atoms with Crippen LogP contribution in [0.1, 0.15) is 47.8 Å². The van der Waals surface area contributed by atoms with Crippen LogP contribution >= 0.6 is 0 Å². The molecule has 2 aromatic heterocycles. The molecule has 0 bridgehead atoms. The molecule has 2 fully saturated rings. The number of aromatic nitrogens is 3. The van der Waals surface area contributed by atoms with Gasteiger partial charge < -0.3 is 25.0 Å². The van der Waals surface area contributed by atoms with Crippen molar-refractivity contribution in [3.05, 3.63) is 47.8 Å². The molecule has 33 heavy (non-hydrogen) atoms. The number of hydrogen-bond donors (Lipinski definition) is 2. The highest BCUT2D eigenvalue weighted by molar-refractivity contribution is 5.97. The van der Waals surface area contributed by atoms with Crippen LogP contribution in [-0.4, -0.2) is 65.6 Å². The first-order valence-electron chi connectivity index (χ1n) is 12.0. The van der Waals surface area contributed by atoms with Crippen LogP contribution in [0.15, 0.2) is 36.5 Å². The molecule has 1 aliphatic heterocycles. The molecule has 8 nitrogen and oxygen atoms in total. The fourth-order valence-corrected chi connectivity index (χ4v) is 4.95. The maximum absolute atomic E-state index is 12.9. The molecule has 0 radical (unpaired) electrons. The van der Waals surface area contributed by atoms with Crippen LogP contribution in [0.5, 0.6) is 0 Å². The minimum atomic E-state index is 0.0129. The molecule has 0 atom stereocenters. The van der Waals surface area contributed by atoms with Gasteiger partial charge in [0.25, 0.3) is 5.91 Å². The van der Waals surface area contributed by atoms with Crippen molar-refractivity contribution in [2.24, 2.45) is 0 Å². The number of carbonyl (C=O) groups excluding carboxylic acids is 1. The zero-order valence-electron chi connectivity index (χ0n) is 19.5. The summed E-state index contributed by atoms with van der Waals surface area (Å²) in [6.07, 6.45) is 6.39. The molecule has 0 spiro atoms. The quantitative estimate of drug-likeness (QED) is 0.604. The van der Waals surface area contributed by atoms with E-state index in [1.807, 2.05) is 12.3 Å². The van der Waals surface area contributed by atoms with Gasteiger partial charge in [-0.2, -0.15) is 4.98 Å². The third-order valence-corrected chi connectivity index (χ3v) is 6.76. The largest absolute Gasteiger partial charge is 0.369 e. The fourth-order valence-electron chi connectivity index (χ4n) is 4.95. The number of rotatable bonds is 6. The first kappa shape index (κ1) is 21.7. The third kappa shape index (κ3) is 4.53. The minimum absolute atomic E-state index is 0.0129. The summed E-state index contributed by atoms with van der Waals surface area (Å²) in [5, 5.41) is 7.68. The molecule has 1 saturated carbocycles. The summed E-state index contributed by atoms with van der Waals surface area (Å²) < 4.78 is 2.15. The van der Waals surface area contributed by atoms with Gasteiger partial charge in [-0.1, -0.05) is 25.0 Å². The molecule has 3 heterocycles. The predicted octanol–water partition coefficient (Wildman–Crippen LogP) is 3.27. The van der Waals surface area contributed by atoms with Crippen molar-refractivity contribution in [1.82, 2.24) is 24.8 Å². The molecule has 1 saturated heterocycles. The molecule has 0 unspecified atom stereocenters. The van der Waals surface area contributed by atoms with E-state index in [9.17, 15) is 4.79 Å². The first-order valence-corrected chi connectivity index (χ1v) is 12.0. The van der Waals surface area contributed by atoms with E-state index >= 15 is 0 Å². The number of benzene rings is 1. The maximum atomic E-state index is 12.9. The highest BCUT2D eigenvalue weighted by atomic mass is 16.2. The highest BCUT2D eigenvalue weighted by Crippen LogP contribution is 2.34. The smallest absolute Gasteiger partial charge is 0.270 e. The number of anilines is 2. The van der Waals surface area contributed by atoms with Gasteiger partial charge in [0.1, 0.15) is 11.3 Å². The van der Waals surface area contributed by atoms with Crippen LogP contribution in [0.25, 0.3) is 11.0 Å². The Morgan fingerprint density at radius 3 is 2.58 bits per heavy atom. The van der Waals surface area contributed by atoms with Crippen molar-refractivity contribution >= 4 is 28.6 Å². The average molecular weight is 448 g/mol. The molecular formula is C25H33N7O. The number of nitrogens with zero attached hydrogens (tertiary/aromatic N) is 5. The van der Waals surface area contributed by atoms with E-state index in [2.05, 4.69) is 49.4 Å². The van der Waals surface area contributed by atoms with Crippen LogP contribution in [-0.2, 0) is 6.54 Å². The van der Waals surface area contributed by atoms with E-state index < -0.39 is 0 Å². The third-order valence-electron chi connectivity index (χ3n) is 6.76. The van der Waals surface area contributed by atoms with Crippen LogP contribution in [0.4, 0.5) is 11.6 Å². The van der Waals surface area contributed by atoms with Gasteiger partial charge in [0, 0.05) is 70.1 Å². The second-order valence-corrected chi connectivity index (χ2v) is 9.27. The predicted molar refractivity (Wildman–Crippen MR) is 132 cm³/mol. The minimum Gasteiger partial charge on any atom is -0.369 e. The van der Waals surface area contributed by atoms with Crippen molar-refractivity contribution < 1.29 is 4.79 Å². The van der Waals surface area contributed by atoms with Gasteiger partial charge >= 0.3 is 0 Å². The Labute approximate surface area is 195 Å². The lowest BCUT2D eigenvalue weighted by atomic mass is 10.2. The van der Waals surface area contributed by atoms with Gasteiger partial charge in [-0.3, -0.25) is 4.79 Å². The number of nitrogens with one attached hydrogen (secondary N) is 2. The van der Waals surface area contributed by atoms with Gasteiger partial charge in [0.15, 0.2) is 0 Å². The topological polar surface area (TPSA) is 78.3 Å². The number of hydrogen-bond acceptors (Lipinski definition) is 6. The average Bonchev–Trinajstić information content (AvgIpc) is 3.50. The Kier molecular flexibility index (Phi) is 6.17. The lowest BCUT2D eigenvalue weighted by Gasteiger charge is -2.29. The standard InChI is InChI=1S/C25H33N7O/c1-30(2)24(33)22-15-19-17-28-25(29-23(19)32(22)21-5-3-4-6-21)27-16-18-7-9-20(10-8-18)31-13-11-26-12-14-31/h7-10,15,17,21,26H,3-6,11-14,16H2,1-2H3,(H,27,28,29). The van der Waals surface area contributed by atoms with Gasteiger partial charge in [-0.15, -0.1) is 0 Å². The Balaban J connectivity index is 1.35. The van der Waals surface area contributed by atoms with Gasteiger partial charge in [0.05, 0.1) is 0 Å². The number of piperazine rings is 1. The zero-order chi connectivity index (χ0) is 22.8. The van der Waals surface area contributed by atoms with Crippen molar-refractivity contribution in [2.75, 3.05) is 50.5 Å². The van der Waals surface area contributed by atoms with Crippen molar-refractivity contribution in [1.29, 1.82) is 0 Å². The summed E-state index contributed by atoms with van der Waals surface area (Å²) >= 11 is 0. The van der Waals surface area contributed by atoms with Crippen molar-refractivity contribution in [3.8, 4) is 0 Å². The maximum Gasteiger partial charge on any atom is 0.270 e. The SMILES string of the molecule is CN(C)C(=O)c1cc2cnc(NCc3ccc(N4CCNCC4)cc3)nc2n1C1CCCC1. The Bertz CT molecular complexity index is 1110. The van der Waals surface area contributed by atoms with E-state index in [0.717, 1.165) is 50.1 Å². The van der Waals surface area contributed by atoms with Gasteiger partial charge in [-0.25, -0.2) is 4.98 Å². The molecule has 1 amide bonds. The molecule has 1 aromatic carbocycles. The monoisotopic (exact) mass is 447 g/mol. The lowest BCUT2D eigenvalue weighted by molar-refractivity contribution is 0.0815. The van der Waals surface area contributed by atoms with E-state index in [-0.39, 0.29) is 5.91 Å². The van der Waals surface area contributed by atoms with E-state index in [4.69, 9.17) is 4.98 Å². The normalized spacial score (nSPS) is 17.0. The van der Waals surface area contributed by atoms with Crippen molar-refractivity contribution in [3.63, 3.8) is 0 Å². The summed E-state index contributed by atoms with van der Waals surface area (Å²) in [4.78, 5) is 26.3. The van der Waals surface area contributed by atoms with Crippen LogP contribution in [0.3, 0.4) is 0 Å². The Morgan fingerprint density at radius 2 is 1.88 bits per heavy atom. The zero-order valence-corrected chi connectivity index (χ0v) is 19.5. The molecule has 8 heteroatoms. The molecule has 2 aliphatic rings. The number of fused-ring (bicyclic) bond motifs is 1. The summed E-state index contributed by atoms with van der Waals surface area (Å²) in [6.45, 7) is 4.82. The lowest BCUT2D eigenvalue weighted by Crippen LogP contribution is -2.43. The van der Waals surface area contributed by atoms with E-state index in [0.29, 0.717) is 24.2 Å². The van der Waals surface area contributed by atoms with Gasteiger partial charge in [-0.05, 0) is 36.6 Å². The molecule has 2 N–H and O–H groups in total. The molecule has 5 rings (SSSR count). The molecular weight excluding hydrogens is 414 g/mol. The number of carbonyl (C=O) groups is 1. The highest BCUT2D eigenvalue weighted by Gasteiger charge is 2.26. The van der Waals surface area contributed by atoms with E-state index in [1.165, 1.54) is 24.1 Å². The Morgan fingerprint density at radius 1 is 1.15 bits per heavy atom. The molecule has 3 aromatic rings. The second kappa shape index (κ2) is 9.39. The van der Waals surface area contributed by atoms with Gasteiger partial charge in [0.2, 0.25) is 5.95 Å². The number of amides is 1. The van der Waals surface area contributed by atoms with Crippen molar-refractivity contribution in [2.45, 2.75) is 38.3 Å². The Hall–Kier alpha value is -3.13. The van der Waals surface area contributed by atoms with Crippen LogP contribution in [0.2, 0.25) is 0 Å². The first-order chi connectivity index (χ1) is 16.1. The van der Waals surface area contributed by atoms with Crippen LogP contribution < -0.4 is 15.5 Å². The van der Waals surface area contributed by atoms with E-state index in [1.54, 1.807) is 19.0 Å². The second-order valence-electron chi connectivity index (χ2n) is 9.27. The fraction of sp³-hybridized carbons (Fsp3) is 0.480. The summed E-state index contributed by atoms with van der Waals surface area (Å²) in [7, 11) is 3.59.